The van der Waals surface area contributed by atoms with E-state index in [0.717, 1.165) is 33.0 Å². The van der Waals surface area contributed by atoms with Crippen LogP contribution in [-0.4, -0.2) is 112 Å². The average Bonchev–Trinajstić information content (AvgIpc) is 3.08. The molecule has 3 aliphatic rings. The topological polar surface area (TPSA) is 149 Å². The number of rotatable bonds is 27. The Balaban J connectivity index is 1.42. The highest BCUT2D eigenvalue weighted by Crippen LogP contribution is 2.33. The van der Waals surface area contributed by atoms with Gasteiger partial charge in [0.25, 0.3) is 0 Å². The number of hydrogen-bond acceptors (Lipinski definition) is 12. The molecule has 0 bridgehead atoms. The monoisotopic (exact) mass is 729 g/mol. The Morgan fingerprint density at radius 1 is 0.471 bits per heavy atom. The normalized spacial score (nSPS) is 20.6. The number of hydrogen-bond donors (Lipinski definition) is 0. The Bertz CT molecular complexity index is 1160. The fourth-order valence-corrected chi connectivity index (χ4v) is 6.08. The second-order valence-corrected chi connectivity index (χ2v) is 14.4. The van der Waals surface area contributed by atoms with E-state index in [1.165, 1.54) is 0 Å². The Hall–Kier alpha value is -1.95. The van der Waals surface area contributed by atoms with E-state index in [2.05, 4.69) is 20.8 Å². The van der Waals surface area contributed by atoms with Crippen molar-refractivity contribution in [1.29, 1.82) is 0 Å². The first-order valence-corrected chi connectivity index (χ1v) is 19.0. The van der Waals surface area contributed by atoms with Crippen LogP contribution in [0.4, 0.5) is 0 Å². The van der Waals surface area contributed by atoms with Gasteiger partial charge < -0.3 is 42.6 Å². The van der Waals surface area contributed by atoms with Crippen LogP contribution in [0.5, 0.6) is 0 Å². The highest BCUT2D eigenvalue weighted by Gasteiger charge is 2.39. The van der Waals surface area contributed by atoms with E-state index in [4.69, 9.17) is 42.6 Å². The third-order valence-corrected chi connectivity index (χ3v) is 10.7. The second kappa shape index (κ2) is 19.9. The number of nitrogens with zero attached hydrogens (tertiary/aromatic N) is 3. The Morgan fingerprint density at radius 2 is 0.725 bits per heavy atom. The van der Waals surface area contributed by atoms with Crippen molar-refractivity contribution in [2.24, 2.45) is 16.2 Å². The lowest BCUT2D eigenvalue weighted by molar-refractivity contribution is -0.209. The van der Waals surface area contributed by atoms with Crippen molar-refractivity contribution in [3.63, 3.8) is 0 Å². The lowest BCUT2D eigenvalue weighted by Gasteiger charge is -2.41. The summed E-state index contributed by atoms with van der Waals surface area (Å²) in [4.78, 5) is 41.0. The minimum atomic E-state index is -0.729. The van der Waals surface area contributed by atoms with E-state index < -0.39 is 35.9 Å². The third-order valence-electron chi connectivity index (χ3n) is 10.7. The molecule has 15 heteroatoms. The molecule has 0 amide bonds. The fraction of sp³-hybridized carbons (Fsp3) is 0.917. The van der Waals surface area contributed by atoms with E-state index in [9.17, 15) is 14.4 Å². The zero-order valence-electron chi connectivity index (χ0n) is 31.8. The summed E-state index contributed by atoms with van der Waals surface area (Å²) in [5, 5.41) is 0. The Kier molecular flexibility index (Phi) is 16.3. The van der Waals surface area contributed by atoms with Crippen molar-refractivity contribution < 1.29 is 42.6 Å². The number of ether oxygens (including phenoxy) is 9. The van der Waals surface area contributed by atoms with Crippen molar-refractivity contribution in [3.8, 4) is 0 Å². The molecule has 4 heterocycles. The Labute approximate surface area is 301 Å². The highest BCUT2D eigenvalue weighted by molar-refractivity contribution is 4.86. The molecular weight excluding hydrogens is 666 g/mol. The van der Waals surface area contributed by atoms with Crippen LogP contribution in [0.2, 0.25) is 0 Å². The molecule has 1 aromatic heterocycles. The molecule has 0 spiro atoms. The smallest absolute Gasteiger partial charge is 0.336 e. The van der Waals surface area contributed by atoms with Crippen LogP contribution >= 0.6 is 0 Å². The third kappa shape index (κ3) is 10.8. The van der Waals surface area contributed by atoms with Gasteiger partial charge in [-0.25, -0.2) is 28.1 Å². The molecular formula is C36H63N3O12. The van der Waals surface area contributed by atoms with E-state index in [1.807, 2.05) is 20.8 Å². The van der Waals surface area contributed by atoms with Gasteiger partial charge in [-0.15, -0.1) is 0 Å². The van der Waals surface area contributed by atoms with Gasteiger partial charge in [0.05, 0.1) is 98.9 Å². The maximum absolute atomic E-state index is 13.7. The van der Waals surface area contributed by atoms with Crippen molar-refractivity contribution in [3.05, 3.63) is 31.5 Å². The first-order valence-electron chi connectivity index (χ1n) is 19.0. The van der Waals surface area contributed by atoms with Gasteiger partial charge in [0.2, 0.25) is 0 Å². The molecule has 1 aromatic rings. The van der Waals surface area contributed by atoms with Crippen LogP contribution in [0, 0.1) is 16.2 Å². The van der Waals surface area contributed by atoms with Crippen LogP contribution in [0.1, 0.15) is 80.1 Å². The van der Waals surface area contributed by atoms with Crippen LogP contribution < -0.4 is 17.1 Å². The van der Waals surface area contributed by atoms with Crippen molar-refractivity contribution in [1.82, 2.24) is 13.7 Å². The van der Waals surface area contributed by atoms with Gasteiger partial charge in [0, 0.05) is 16.2 Å². The Morgan fingerprint density at radius 3 is 0.902 bits per heavy atom. The largest absolute Gasteiger partial charge is 0.380 e. The molecule has 3 unspecified atom stereocenters. The van der Waals surface area contributed by atoms with Crippen LogP contribution in [0.15, 0.2) is 14.4 Å². The van der Waals surface area contributed by atoms with E-state index >= 15 is 0 Å². The maximum atomic E-state index is 13.7. The van der Waals surface area contributed by atoms with E-state index in [0.29, 0.717) is 78.7 Å². The zero-order chi connectivity index (χ0) is 36.9. The van der Waals surface area contributed by atoms with Crippen molar-refractivity contribution in [2.45, 2.75) is 119 Å². The quantitative estimate of drug-likeness (QED) is 0.123. The fourth-order valence-electron chi connectivity index (χ4n) is 6.08. The molecule has 15 nitrogen and oxygen atoms in total. The predicted octanol–water partition coefficient (Wildman–Crippen LogP) is 2.76. The molecule has 4 rings (SSSR count). The SMILES string of the molecule is CCC(OCCn1c(=O)n(CCOC(CC)OCC2(CC)COC2)c(=O)n(CCOC(CC)OCC2(CC)COC2)c1=O)OCC1(CC)COC1. The van der Waals surface area contributed by atoms with Gasteiger partial charge in [-0.2, -0.15) is 0 Å². The summed E-state index contributed by atoms with van der Waals surface area (Å²) in [7, 11) is 0. The lowest BCUT2D eigenvalue weighted by atomic mass is 9.84. The molecule has 3 saturated heterocycles. The van der Waals surface area contributed by atoms with Gasteiger partial charge in [-0.3, -0.25) is 0 Å². The summed E-state index contributed by atoms with van der Waals surface area (Å²) in [5.74, 6) is 0. The lowest BCUT2D eigenvalue weighted by Crippen LogP contribution is -2.55. The first-order chi connectivity index (χ1) is 24.6. The average molecular weight is 730 g/mol. The van der Waals surface area contributed by atoms with E-state index in [1.54, 1.807) is 0 Å². The molecule has 0 aromatic carbocycles. The van der Waals surface area contributed by atoms with Gasteiger partial charge >= 0.3 is 17.1 Å². The zero-order valence-corrected chi connectivity index (χ0v) is 31.8. The summed E-state index contributed by atoms with van der Waals surface area (Å²) in [6.07, 6.45) is 3.07. The standard InChI is InChI=1S/C36H63N3O12/c1-7-28(49-25-34(10-4)19-43-20-34)46-16-13-37-31(40)38(14-17-47-29(8-2)50-26-35(11-5)21-44-22-35)33(42)39(32(37)41)15-18-48-30(9-3)51-27-36(12-6)23-45-24-36/h28-30H,7-27H2,1-6H3. The molecule has 294 valence electrons. The van der Waals surface area contributed by atoms with E-state index in [-0.39, 0.29) is 55.7 Å². The predicted molar refractivity (Wildman–Crippen MR) is 188 cm³/mol. The first kappa shape index (κ1) is 41.8. The second-order valence-electron chi connectivity index (χ2n) is 14.4. The van der Waals surface area contributed by atoms with Crippen molar-refractivity contribution >= 4 is 0 Å². The van der Waals surface area contributed by atoms with Crippen LogP contribution in [-0.2, 0) is 62.3 Å². The molecule has 0 radical (unpaired) electrons. The molecule has 0 saturated carbocycles. The van der Waals surface area contributed by atoms with Gasteiger partial charge in [0.15, 0.2) is 18.9 Å². The van der Waals surface area contributed by atoms with Crippen LogP contribution in [0.25, 0.3) is 0 Å². The summed E-state index contributed by atoms with van der Waals surface area (Å²) in [6.45, 7) is 17.6. The van der Waals surface area contributed by atoms with Crippen LogP contribution in [0.3, 0.4) is 0 Å². The van der Waals surface area contributed by atoms with Crippen molar-refractivity contribution in [2.75, 3.05) is 79.3 Å². The molecule has 51 heavy (non-hydrogen) atoms. The highest BCUT2D eigenvalue weighted by atomic mass is 16.7. The molecule has 3 aliphatic heterocycles. The summed E-state index contributed by atoms with van der Waals surface area (Å²) < 4.78 is 55.4. The molecule has 0 aliphatic carbocycles. The summed E-state index contributed by atoms with van der Waals surface area (Å²) in [5.41, 5.74) is -2.20. The minimum absolute atomic E-state index is 0.00317. The summed E-state index contributed by atoms with van der Waals surface area (Å²) in [6, 6.07) is 0. The summed E-state index contributed by atoms with van der Waals surface area (Å²) >= 11 is 0. The minimum Gasteiger partial charge on any atom is -0.380 e. The maximum Gasteiger partial charge on any atom is 0.336 e. The van der Waals surface area contributed by atoms with Gasteiger partial charge in [-0.1, -0.05) is 41.5 Å². The number of aromatic nitrogens is 3. The van der Waals surface area contributed by atoms with Gasteiger partial charge in [-0.05, 0) is 38.5 Å². The molecule has 3 atom stereocenters. The molecule has 0 N–H and O–H groups in total. The molecule has 3 fully saturated rings. The van der Waals surface area contributed by atoms with Gasteiger partial charge in [0.1, 0.15) is 0 Å².